The molecule has 0 radical (unpaired) electrons. The minimum atomic E-state index is -3.18. The molecule has 0 saturated heterocycles. The second kappa shape index (κ2) is 8.00. The lowest BCUT2D eigenvalue weighted by Crippen LogP contribution is -2.28. The second-order valence-electron chi connectivity index (χ2n) is 9.01. The molecule has 0 aliphatic carbocycles. The summed E-state index contributed by atoms with van der Waals surface area (Å²) in [7, 11) is -3.18. The molecule has 2 aromatic rings. The van der Waals surface area contributed by atoms with Crippen molar-refractivity contribution in [3.05, 3.63) is 53.1 Å². The number of hydrogen-bond donors (Lipinski definition) is 1. The number of aryl methyl sites for hydroxylation is 1. The number of benzene rings is 2. The first-order chi connectivity index (χ1) is 13.4. The van der Waals surface area contributed by atoms with Crippen LogP contribution in [0.2, 0.25) is 0 Å². The SMILES string of the molecule is C[C@H](CCc1ccc(O)c(OC(C)(C)C)c1)N1Cc2ccc(S(C)(=O)=O)cc2C1. The Balaban J connectivity index is 1.63. The first kappa shape index (κ1) is 21.7. The summed E-state index contributed by atoms with van der Waals surface area (Å²) in [5.41, 5.74) is 3.07. The monoisotopic (exact) mass is 417 g/mol. The first-order valence-electron chi connectivity index (χ1n) is 9.99. The van der Waals surface area contributed by atoms with Gasteiger partial charge in [0.05, 0.1) is 4.90 Å². The third kappa shape index (κ3) is 5.52. The lowest BCUT2D eigenvalue weighted by Gasteiger charge is -2.24. The van der Waals surface area contributed by atoms with Crippen LogP contribution >= 0.6 is 0 Å². The molecule has 0 aromatic heterocycles. The van der Waals surface area contributed by atoms with Crippen molar-refractivity contribution >= 4 is 9.84 Å². The number of hydrogen-bond acceptors (Lipinski definition) is 5. The van der Waals surface area contributed by atoms with Gasteiger partial charge in [-0.2, -0.15) is 0 Å². The molecule has 29 heavy (non-hydrogen) atoms. The highest BCUT2D eigenvalue weighted by molar-refractivity contribution is 7.90. The van der Waals surface area contributed by atoms with Gasteiger partial charge < -0.3 is 9.84 Å². The van der Waals surface area contributed by atoms with Gasteiger partial charge in [-0.05, 0) is 81.5 Å². The lowest BCUT2D eigenvalue weighted by atomic mass is 10.0. The van der Waals surface area contributed by atoms with Crippen molar-refractivity contribution in [3.63, 3.8) is 0 Å². The minimum Gasteiger partial charge on any atom is -0.504 e. The summed E-state index contributed by atoms with van der Waals surface area (Å²) in [6.45, 7) is 9.70. The van der Waals surface area contributed by atoms with Crippen LogP contribution in [0, 0.1) is 0 Å². The predicted molar refractivity (Wildman–Crippen MR) is 115 cm³/mol. The van der Waals surface area contributed by atoms with E-state index in [0.717, 1.165) is 37.1 Å². The maximum absolute atomic E-state index is 11.8. The highest BCUT2D eigenvalue weighted by Crippen LogP contribution is 2.32. The molecule has 1 N–H and O–H groups in total. The molecule has 2 aromatic carbocycles. The van der Waals surface area contributed by atoms with Crippen LogP contribution in [-0.4, -0.2) is 36.3 Å². The van der Waals surface area contributed by atoms with E-state index in [9.17, 15) is 13.5 Å². The van der Waals surface area contributed by atoms with E-state index in [0.29, 0.717) is 16.7 Å². The van der Waals surface area contributed by atoms with Crippen LogP contribution in [0.4, 0.5) is 0 Å². The number of phenolic OH excluding ortho intramolecular Hbond substituents is 1. The third-order valence-corrected chi connectivity index (χ3v) is 6.38. The lowest BCUT2D eigenvalue weighted by molar-refractivity contribution is 0.125. The molecule has 1 atom stereocenters. The van der Waals surface area contributed by atoms with Crippen LogP contribution in [0.1, 0.15) is 50.8 Å². The maximum atomic E-state index is 11.8. The summed E-state index contributed by atoms with van der Waals surface area (Å²) in [4.78, 5) is 2.77. The molecule has 0 spiro atoms. The standard InChI is InChI=1S/C23H31NO4S/c1-16(6-7-17-8-11-21(25)22(12-17)28-23(2,3)4)24-14-18-9-10-20(29(5,26)27)13-19(18)15-24/h8-13,16,25H,6-7,14-15H2,1-5H3/t16-/m1/s1. The largest absolute Gasteiger partial charge is 0.504 e. The fraction of sp³-hybridized carbons (Fsp3) is 0.478. The molecule has 0 bridgehead atoms. The van der Waals surface area contributed by atoms with Crippen molar-refractivity contribution in [2.45, 2.75) is 70.2 Å². The van der Waals surface area contributed by atoms with E-state index in [4.69, 9.17) is 4.74 Å². The van der Waals surface area contributed by atoms with Crippen LogP contribution in [0.15, 0.2) is 41.3 Å². The Hall–Kier alpha value is -2.05. The molecule has 5 nitrogen and oxygen atoms in total. The Morgan fingerprint density at radius 1 is 1.10 bits per heavy atom. The predicted octanol–water partition coefficient (Wildman–Crippen LogP) is 4.31. The normalized spacial score (nSPS) is 15.9. The number of rotatable bonds is 6. The van der Waals surface area contributed by atoms with Gasteiger partial charge in [0.1, 0.15) is 5.60 Å². The Morgan fingerprint density at radius 2 is 1.79 bits per heavy atom. The van der Waals surface area contributed by atoms with Crippen LogP contribution in [0.5, 0.6) is 11.5 Å². The maximum Gasteiger partial charge on any atom is 0.175 e. The molecule has 0 fully saturated rings. The van der Waals surface area contributed by atoms with Gasteiger partial charge in [0.15, 0.2) is 21.3 Å². The molecule has 1 heterocycles. The van der Waals surface area contributed by atoms with Gasteiger partial charge in [-0.25, -0.2) is 8.42 Å². The molecular weight excluding hydrogens is 386 g/mol. The Labute approximate surface area is 174 Å². The third-order valence-electron chi connectivity index (χ3n) is 5.27. The van der Waals surface area contributed by atoms with Crippen LogP contribution in [0.3, 0.4) is 0 Å². The topological polar surface area (TPSA) is 66.8 Å². The fourth-order valence-corrected chi connectivity index (χ4v) is 4.29. The highest BCUT2D eigenvalue weighted by atomic mass is 32.2. The van der Waals surface area contributed by atoms with Gasteiger partial charge in [0, 0.05) is 25.4 Å². The number of nitrogens with zero attached hydrogens (tertiary/aromatic N) is 1. The molecule has 1 aliphatic rings. The van der Waals surface area contributed by atoms with E-state index in [1.165, 1.54) is 11.8 Å². The van der Waals surface area contributed by atoms with E-state index in [1.54, 1.807) is 12.1 Å². The van der Waals surface area contributed by atoms with Crippen LogP contribution in [-0.2, 0) is 29.3 Å². The molecule has 0 saturated carbocycles. The quantitative estimate of drug-likeness (QED) is 0.759. The first-order valence-corrected chi connectivity index (χ1v) is 11.9. The van der Waals surface area contributed by atoms with E-state index in [-0.39, 0.29) is 11.4 Å². The summed E-state index contributed by atoms with van der Waals surface area (Å²) < 4.78 is 29.5. The highest BCUT2D eigenvalue weighted by Gasteiger charge is 2.24. The van der Waals surface area contributed by atoms with Gasteiger partial charge in [0.2, 0.25) is 0 Å². The smallest absolute Gasteiger partial charge is 0.175 e. The van der Waals surface area contributed by atoms with E-state index < -0.39 is 9.84 Å². The van der Waals surface area contributed by atoms with Gasteiger partial charge >= 0.3 is 0 Å². The van der Waals surface area contributed by atoms with Crippen molar-refractivity contribution in [2.24, 2.45) is 0 Å². The zero-order valence-electron chi connectivity index (χ0n) is 17.9. The van der Waals surface area contributed by atoms with Crippen molar-refractivity contribution in [1.82, 2.24) is 4.90 Å². The Morgan fingerprint density at radius 3 is 2.45 bits per heavy atom. The molecule has 3 rings (SSSR count). The fourth-order valence-electron chi connectivity index (χ4n) is 3.62. The van der Waals surface area contributed by atoms with Crippen molar-refractivity contribution < 1.29 is 18.3 Å². The summed E-state index contributed by atoms with van der Waals surface area (Å²) in [6.07, 6.45) is 3.09. The van der Waals surface area contributed by atoms with Gasteiger partial charge in [0.25, 0.3) is 0 Å². The van der Waals surface area contributed by atoms with Crippen molar-refractivity contribution in [3.8, 4) is 11.5 Å². The molecule has 1 aliphatic heterocycles. The molecule has 0 unspecified atom stereocenters. The number of phenols is 1. The number of sulfone groups is 1. The number of fused-ring (bicyclic) bond motifs is 1. The van der Waals surface area contributed by atoms with Gasteiger partial charge in [-0.15, -0.1) is 0 Å². The van der Waals surface area contributed by atoms with Crippen LogP contribution < -0.4 is 4.74 Å². The average Bonchev–Trinajstić information content (AvgIpc) is 3.03. The van der Waals surface area contributed by atoms with E-state index in [2.05, 4.69) is 11.8 Å². The molecule has 0 amide bonds. The van der Waals surface area contributed by atoms with E-state index >= 15 is 0 Å². The molecule has 158 valence electrons. The second-order valence-corrected chi connectivity index (χ2v) is 11.0. The zero-order chi connectivity index (χ0) is 21.4. The Bertz CT molecular complexity index is 992. The summed E-state index contributed by atoms with van der Waals surface area (Å²) in [5, 5.41) is 10.1. The van der Waals surface area contributed by atoms with Crippen molar-refractivity contribution in [2.75, 3.05) is 6.26 Å². The van der Waals surface area contributed by atoms with Gasteiger partial charge in [-0.1, -0.05) is 12.1 Å². The van der Waals surface area contributed by atoms with Crippen LogP contribution in [0.25, 0.3) is 0 Å². The van der Waals surface area contributed by atoms with Crippen molar-refractivity contribution in [1.29, 1.82) is 0 Å². The summed E-state index contributed by atoms with van der Waals surface area (Å²) in [6, 6.07) is 11.4. The molecule has 6 heteroatoms. The number of ether oxygens (including phenoxy) is 1. The summed E-state index contributed by atoms with van der Waals surface area (Å²) >= 11 is 0. The van der Waals surface area contributed by atoms with Gasteiger partial charge in [-0.3, -0.25) is 4.90 Å². The minimum absolute atomic E-state index is 0.161. The summed E-state index contributed by atoms with van der Waals surface area (Å²) in [5.74, 6) is 0.679. The Kier molecular flexibility index (Phi) is 5.97. The zero-order valence-corrected chi connectivity index (χ0v) is 18.7. The average molecular weight is 418 g/mol. The number of aromatic hydroxyl groups is 1. The molecular formula is C23H31NO4S. The van der Waals surface area contributed by atoms with E-state index in [1.807, 2.05) is 45.0 Å².